The maximum atomic E-state index is 13.0. The van der Waals surface area contributed by atoms with Gasteiger partial charge in [0.1, 0.15) is 0 Å². The van der Waals surface area contributed by atoms with Crippen molar-refractivity contribution in [1.29, 1.82) is 0 Å². The Morgan fingerprint density at radius 1 is 1.04 bits per heavy atom. The van der Waals surface area contributed by atoms with Gasteiger partial charge in [-0.15, -0.1) is 11.3 Å². The van der Waals surface area contributed by atoms with Gasteiger partial charge in [0, 0.05) is 6.54 Å². The zero-order valence-corrected chi connectivity index (χ0v) is 17.6. The van der Waals surface area contributed by atoms with E-state index in [0.717, 1.165) is 15.8 Å². The molecular formula is C18H20N2O4S3. The molecule has 0 spiro atoms. The van der Waals surface area contributed by atoms with Gasteiger partial charge in [-0.1, -0.05) is 12.1 Å². The summed E-state index contributed by atoms with van der Waals surface area (Å²) in [6.45, 7) is 4.59. The lowest BCUT2D eigenvalue weighted by Gasteiger charge is -2.25. The molecule has 3 aromatic rings. The van der Waals surface area contributed by atoms with Crippen LogP contribution in [-0.2, 0) is 19.9 Å². The first kappa shape index (κ1) is 19.9. The van der Waals surface area contributed by atoms with E-state index in [1.165, 1.54) is 43.4 Å². The van der Waals surface area contributed by atoms with Crippen LogP contribution in [-0.4, -0.2) is 33.1 Å². The fourth-order valence-electron chi connectivity index (χ4n) is 2.55. The molecule has 0 radical (unpaired) electrons. The van der Waals surface area contributed by atoms with Crippen molar-refractivity contribution < 1.29 is 16.8 Å². The van der Waals surface area contributed by atoms with E-state index in [9.17, 15) is 16.8 Å². The molecule has 1 N–H and O–H groups in total. The number of rotatable bonds is 6. The molecule has 0 amide bonds. The number of hydrogen-bond donors (Lipinski definition) is 1. The number of nitrogens with one attached hydrogen (secondary N) is 1. The van der Waals surface area contributed by atoms with E-state index in [-0.39, 0.29) is 16.3 Å². The number of aryl methyl sites for hydroxylation is 1. The number of thiazole rings is 1. The van der Waals surface area contributed by atoms with Gasteiger partial charge >= 0.3 is 0 Å². The zero-order chi connectivity index (χ0) is 19.9. The van der Waals surface area contributed by atoms with Gasteiger partial charge in [-0.25, -0.2) is 26.5 Å². The van der Waals surface area contributed by atoms with Crippen molar-refractivity contribution in [3.8, 4) is 0 Å². The summed E-state index contributed by atoms with van der Waals surface area (Å²) in [5.41, 5.74) is 3.19. The molecule has 0 atom stereocenters. The lowest BCUT2D eigenvalue weighted by molar-refractivity contribution is 0.532. The summed E-state index contributed by atoms with van der Waals surface area (Å²) in [4.78, 5) is 4.39. The molecule has 0 aliphatic heterocycles. The Kier molecular flexibility index (Phi) is 5.15. The van der Waals surface area contributed by atoms with Gasteiger partial charge in [0.2, 0.25) is 10.0 Å². The summed E-state index contributed by atoms with van der Waals surface area (Å²) in [6.07, 6.45) is 0. The predicted molar refractivity (Wildman–Crippen MR) is 107 cm³/mol. The van der Waals surface area contributed by atoms with Crippen molar-refractivity contribution in [2.75, 3.05) is 6.54 Å². The Labute approximate surface area is 163 Å². The molecule has 1 heterocycles. The lowest BCUT2D eigenvalue weighted by atomic mass is 10.2. The van der Waals surface area contributed by atoms with Crippen molar-refractivity contribution in [1.82, 2.24) is 9.71 Å². The smallest absolute Gasteiger partial charge is 0.240 e. The summed E-state index contributed by atoms with van der Waals surface area (Å²) in [6, 6.07) is 11.2. The first-order chi connectivity index (χ1) is 12.5. The highest BCUT2D eigenvalue weighted by atomic mass is 32.2. The Hall–Kier alpha value is -1.81. The fourth-order valence-corrected chi connectivity index (χ4v) is 6.17. The first-order valence-electron chi connectivity index (χ1n) is 8.17. The van der Waals surface area contributed by atoms with E-state index in [4.69, 9.17) is 0 Å². The van der Waals surface area contributed by atoms with Crippen LogP contribution in [0.4, 0.5) is 0 Å². The summed E-state index contributed by atoms with van der Waals surface area (Å²) < 4.78 is 53.1. The second-order valence-electron chi connectivity index (χ2n) is 6.89. The Morgan fingerprint density at radius 3 is 2.48 bits per heavy atom. The van der Waals surface area contributed by atoms with Crippen LogP contribution >= 0.6 is 11.3 Å². The second kappa shape index (κ2) is 6.97. The van der Waals surface area contributed by atoms with Crippen LogP contribution in [0, 0.1) is 6.92 Å². The summed E-state index contributed by atoms with van der Waals surface area (Å²) in [7, 11) is -7.58. The molecule has 0 aliphatic rings. The third-order valence-corrected chi connectivity index (χ3v) is 8.99. The van der Waals surface area contributed by atoms with Crippen LogP contribution in [0.25, 0.3) is 10.2 Å². The zero-order valence-electron chi connectivity index (χ0n) is 15.1. The Morgan fingerprint density at radius 2 is 1.78 bits per heavy atom. The molecule has 27 heavy (non-hydrogen) atoms. The number of benzene rings is 2. The molecule has 9 heteroatoms. The molecule has 3 rings (SSSR count). The molecule has 0 aliphatic carbocycles. The van der Waals surface area contributed by atoms with Gasteiger partial charge in [-0.05, 0) is 56.7 Å². The van der Waals surface area contributed by atoms with E-state index >= 15 is 0 Å². The number of aromatic nitrogens is 1. The largest absolute Gasteiger partial charge is 0.245 e. The van der Waals surface area contributed by atoms with Crippen molar-refractivity contribution in [3.05, 3.63) is 53.5 Å². The van der Waals surface area contributed by atoms with E-state index < -0.39 is 24.6 Å². The van der Waals surface area contributed by atoms with E-state index in [2.05, 4.69) is 9.71 Å². The van der Waals surface area contributed by atoms with Crippen LogP contribution in [0.2, 0.25) is 0 Å². The van der Waals surface area contributed by atoms with Gasteiger partial charge in [-0.3, -0.25) is 0 Å². The van der Waals surface area contributed by atoms with Crippen LogP contribution < -0.4 is 4.72 Å². The van der Waals surface area contributed by atoms with Gasteiger partial charge in [0.15, 0.2) is 9.84 Å². The van der Waals surface area contributed by atoms with Crippen LogP contribution in [0.1, 0.15) is 19.4 Å². The molecular weight excluding hydrogens is 404 g/mol. The minimum Gasteiger partial charge on any atom is -0.245 e. The number of sulfone groups is 1. The minimum atomic E-state index is -3.85. The summed E-state index contributed by atoms with van der Waals surface area (Å²) >= 11 is 1.34. The van der Waals surface area contributed by atoms with E-state index in [1.54, 1.807) is 23.7 Å². The molecule has 0 fully saturated rings. The molecule has 144 valence electrons. The Bertz CT molecular complexity index is 1200. The highest BCUT2D eigenvalue weighted by Gasteiger charge is 2.37. The minimum absolute atomic E-state index is 0.0861. The van der Waals surface area contributed by atoms with Crippen LogP contribution in [0.5, 0.6) is 0 Å². The fraction of sp³-hybridized carbons (Fsp3) is 0.278. The normalized spacial score (nSPS) is 13.1. The topological polar surface area (TPSA) is 93.2 Å². The molecule has 6 nitrogen and oxygen atoms in total. The second-order valence-corrected chi connectivity index (χ2v) is 12.1. The molecule has 0 saturated heterocycles. The third-order valence-electron chi connectivity index (χ3n) is 4.33. The van der Waals surface area contributed by atoms with Crippen molar-refractivity contribution in [2.45, 2.75) is 35.3 Å². The Balaban J connectivity index is 1.85. The number of nitrogens with zero attached hydrogens (tertiary/aromatic N) is 1. The predicted octanol–water partition coefficient (Wildman–Crippen LogP) is 3.14. The van der Waals surface area contributed by atoms with Gasteiger partial charge in [0.05, 0.1) is 30.3 Å². The molecule has 2 aromatic carbocycles. The molecule has 0 saturated carbocycles. The maximum absolute atomic E-state index is 13.0. The summed E-state index contributed by atoms with van der Waals surface area (Å²) in [5.74, 6) is 0. The highest BCUT2D eigenvalue weighted by Crippen LogP contribution is 2.27. The monoisotopic (exact) mass is 424 g/mol. The van der Waals surface area contributed by atoms with Gasteiger partial charge < -0.3 is 0 Å². The highest BCUT2D eigenvalue weighted by molar-refractivity contribution is 7.93. The van der Waals surface area contributed by atoms with Crippen molar-refractivity contribution >= 4 is 41.4 Å². The standard InChI is InChI=1S/C18H20N2O4S3/c1-13-5-4-6-14(9-13)26(21,22)18(2,3)11-20-27(23,24)15-7-8-16-17(10-15)25-12-19-16/h4-10,12,20H,11H2,1-3H3. The molecule has 1 aromatic heterocycles. The quantitative estimate of drug-likeness (QED) is 0.656. The summed E-state index contributed by atoms with van der Waals surface area (Å²) in [5, 5.41) is 0. The van der Waals surface area contributed by atoms with Gasteiger partial charge in [0.25, 0.3) is 0 Å². The average Bonchev–Trinajstić information content (AvgIpc) is 3.08. The maximum Gasteiger partial charge on any atom is 0.240 e. The molecule has 0 bridgehead atoms. The van der Waals surface area contributed by atoms with Crippen molar-refractivity contribution in [2.24, 2.45) is 0 Å². The van der Waals surface area contributed by atoms with E-state index in [1.807, 2.05) is 13.0 Å². The van der Waals surface area contributed by atoms with Gasteiger partial charge in [-0.2, -0.15) is 0 Å². The van der Waals surface area contributed by atoms with Crippen LogP contribution in [0.3, 0.4) is 0 Å². The third kappa shape index (κ3) is 3.91. The molecule has 0 unspecified atom stereocenters. The first-order valence-corrected chi connectivity index (χ1v) is 12.0. The number of fused-ring (bicyclic) bond motifs is 1. The van der Waals surface area contributed by atoms with Crippen molar-refractivity contribution in [3.63, 3.8) is 0 Å². The average molecular weight is 425 g/mol. The number of hydrogen-bond acceptors (Lipinski definition) is 6. The van der Waals surface area contributed by atoms with Crippen LogP contribution in [0.15, 0.2) is 57.8 Å². The number of sulfonamides is 1. The SMILES string of the molecule is Cc1cccc(S(=O)(=O)C(C)(C)CNS(=O)(=O)c2ccc3ncsc3c2)c1. The van der Waals surface area contributed by atoms with E-state index in [0.29, 0.717) is 0 Å². The lowest BCUT2D eigenvalue weighted by Crippen LogP contribution is -2.44.